The molecule has 7 nitrogen and oxygen atoms in total. The van der Waals surface area contributed by atoms with E-state index in [0.717, 1.165) is 41.9 Å². The van der Waals surface area contributed by atoms with Crippen LogP contribution < -0.4 is 5.73 Å². The number of carbonyl (C=O) groups excluding carboxylic acids is 1. The van der Waals surface area contributed by atoms with Gasteiger partial charge in [0.05, 0.1) is 22.8 Å². The molecule has 0 saturated carbocycles. The smallest absolute Gasteiger partial charge is 0.245 e. The number of benzene rings is 1. The molecule has 2 aromatic heterocycles. The Morgan fingerprint density at radius 3 is 2.88 bits per heavy atom. The SMILES string of the molecule is Cc1cc(N)n(CC(=O)N2CCCC2c2nc3ccccc3n2C)n1. The van der Waals surface area contributed by atoms with Gasteiger partial charge in [0, 0.05) is 19.7 Å². The van der Waals surface area contributed by atoms with Crippen LogP contribution in [0.25, 0.3) is 11.0 Å². The van der Waals surface area contributed by atoms with Crippen molar-refractivity contribution in [1.82, 2.24) is 24.2 Å². The van der Waals surface area contributed by atoms with Crippen LogP contribution in [-0.2, 0) is 18.4 Å². The lowest BCUT2D eigenvalue weighted by Gasteiger charge is -2.24. The lowest BCUT2D eigenvalue weighted by atomic mass is 10.2. The monoisotopic (exact) mass is 338 g/mol. The largest absolute Gasteiger partial charge is 0.384 e. The standard InChI is InChI=1S/C18H22N6O/c1-12-10-16(19)24(21-12)11-17(25)23-9-5-8-15(23)18-20-13-6-3-4-7-14(13)22(18)2/h3-4,6-7,10,15H,5,8-9,11,19H2,1-2H3. The van der Waals surface area contributed by atoms with E-state index in [4.69, 9.17) is 10.7 Å². The van der Waals surface area contributed by atoms with Gasteiger partial charge in [-0.3, -0.25) is 4.79 Å². The lowest BCUT2D eigenvalue weighted by Crippen LogP contribution is -2.35. The molecule has 1 fully saturated rings. The number of likely N-dealkylation sites (tertiary alicyclic amines) is 1. The van der Waals surface area contributed by atoms with Gasteiger partial charge in [-0.2, -0.15) is 5.10 Å². The number of aryl methyl sites for hydroxylation is 2. The van der Waals surface area contributed by atoms with E-state index in [0.29, 0.717) is 5.82 Å². The van der Waals surface area contributed by atoms with Gasteiger partial charge in [-0.25, -0.2) is 9.67 Å². The predicted octanol–water partition coefficient (Wildman–Crippen LogP) is 2.02. The van der Waals surface area contributed by atoms with Gasteiger partial charge in [-0.15, -0.1) is 0 Å². The highest BCUT2D eigenvalue weighted by atomic mass is 16.2. The molecule has 1 saturated heterocycles. The molecule has 0 bridgehead atoms. The molecule has 1 aromatic carbocycles. The van der Waals surface area contributed by atoms with Crippen LogP contribution in [0.3, 0.4) is 0 Å². The van der Waals surface area contributed by atoms with Crippen molar-refractivity contribution in [2.75, 3.05) is 12.3 Å². The highest BCUT2D eigenvalue weighted by Crippen LogP contribution is 2.33. The van der Waals surface area contributed by atoms with Crippen molar-refractivity contribution in [1.29, 1.82) is 0 Å². The number of hydrogen-bond donors (Lipinski definition) is 1. The highest BCUT2D eigenvalue weighted by molar-refractivity contribution is 5.78. The highest BCUT2D eigenvalue weighted by Gasteiger charge is 2.33. The Labute approximate surface area is 146 Å². The van der Waals surface area contributed by atoms with Crippen molar-refractivity contribution < 1.29 is 4.79 Å². The van der Waals surface area contributed by atoms with Gasteiger partial charge in [-0.05, 0) is 31.9 Å². The number of nitrogen functional groups attached to an aromatic ring is 1. The van der Waals surface area contributed by atoms with Crippen molar-refractivity contribution in [3.05, 3.63) is 41.9 Å². The van der Waals surface area contributed by atoms with Gasteiger partial charge in [0.25, 0.3) is 0 Å². The molecule has 0 spiro atoms. The summed E-state index contributed by atoms with van der Waals surface area (Å²) < 4.78 is 3.67. The number of fused-ring (bicyclic) bond motifs is 1. The lowest BCUT2D eigenvalue weighted by molar-refractivity contribution is -0.133. The number of imidazole rings is 1. The first-order valence-corrected chi connectivity index (χ1v) is 8.55. The fourth-order valence-corrected chi connectivity index (χ4v) is 3.71. The van der Waals surface area contributed by atoms with E-state index in [1.54, 1.807) is 10.7 Å². The summed E-state index contributed by atoms with van der Waals surface area (Å²) >= 11 is 0. The van der Waals surface area contributed by atoms with Crippen LogP contribution in [0.2, 0.25) is 0 Å². The zero-order valence-electron chi connectivity index (χ0n) is 14.5. The molecule has 1 aliphatic rings. The van der Waals surface area contributed by atoms with Crippen molar-refractivity contribution >= 4 is 22.8 Å². The molecule has 0 aliphatic carbocycles. The van der Waals surface area contributed by atoms with E-state index < -0.39 is 0 Å². The molecule has 1 atom stereocenters. The molecule has 3 heterocycles. The van der Waals surface area contributed by atoms with Crippen LogP contribution in [0.1, 0.15) is 30.4 Å². The minimum absolute atomic E-state index is 0.00258. The summed E-state index contributed by atoms with van der Waals surface area (Å²) in [5.41, 5.74) is 8.79. The van der Waals surface area contributed by atoms with Gasteiger partial charge in [-0.1, -0.05) is 12.1 Å². The Morgan fingerprint density at radius 1 is 1.36 bits per heavy atom. The summed E-state index contributed by atoms with van der Waals surface area (Å²) in [7, 11) is 2.01. The van der Waals surface area contributed by atoms with Crippen LogP contribution in [-0.4, -0.2) is 36.7 Å². The first-order chi connectivity index (χ1) is 12.0. The maximum atomic E-state index is 12.9. The first-order valence-electron chi connectivity index (χ1n) is 8.55. The molecule has 2 N–H and O–H groups in total. The van der Waals surface area contributed by atoms with Crippen molar-refractivity contribution in [2.24, 2.45) is 7.05 Å². The van der Waals surface area contributed by atoms with Gasteiger partial charge in [0.15, 0.2) is 0 Å². The molecular formula is C18H22N6O. The van der Waals surface area contributed by atoms with Crippen molar-refractivity contribution in [3.63, 3.8) is 0 Å². The molecule has 130 valence electrons. The molecule has 25 heavy (non-hydrogen) atoms. The third-order valence-electron chi connectivity index (χ3n) is 4.91. The molecule has 0 radical (unpaired) electrons. The Hall–Kier alpha value is -2.83. The number of amides is 1. The second-order valence-corrected chi connectivity index (χ2v) is 6.63. The Bertz CT molecular complexity index is 940. The van der Waals surface area contributed by atoms with Gasteiger partial charge in [0.2, 0.25) is 5.91 Å². The van der Waals surface area contributed by atoms with E-state index in [-0.39, 0.29) is 18.5 Å². The number of aromatic nitrogens is 4. The molecule has 1 amide bonds. The zero-order chi connectivity index (χ0) is 17.6. The summed E-state index contributed by atoms with van der Waals surface area (Å²) in [5.74, 6) is 1.49. The number of carbonyl (C=O) groups is 1. The third kappa shape index (κ3) is 2.65. The topological polar surface area (TPSA) is 82.0 Å². The average Bonchev–Trinajstić information content (AvgIpc) is 3.26. The quantitative estimate of drug-likeness (QED) is 0.792. The Kier molecular flexibility index (Phi) is 3.71. The first kappa shape index (κ1) is 15.7. The van der Waals surface area contributed by atoms with Crippen LogP contribution in [0.5, 0.6) is 0 Å². The molecule has 3 aromatic rings. The van der Waals surface area contributed by atoms with Crippen LogP contribution in [0.15, 0.2) is 30.3 Å². The maximum absolute atomic E-state index is 12.9. The summed E-state index contributed by atoms with van der Waals surface area (Å²) in [5, 5.41) is 4.30. The number of para-hydroxylation sites is 2. The number of nitrogens with two attached hydrogens (primary N) is 1. The summed E-state index contributed by atoms with van der Waals surface area (Å²) in [6, 6.07) is 9.84. The second-order valence-electron chi connectivity index (χ2n) is 6.63. The summed E-state index contributed by atoms with van der Waals surface area (Å²) in [6.45, 7) is 2.78. The maximum Gasteiger partial charge on any atom is 0.245 e. The van der Waals surface area contributed by atoms with E-state index in [1.807, 2.05) is 37.1 Å². The Morgan fingerprint density at radius 2 is 2.16 bits per heavy atom. The minimum atomic E-state index is 0.00258. The van der Waals surface area contributed by atoms with Crippen LogP contribution in [0.4, 0.5) is 5.82 Å². The van der Waals surface area contributed by atoms with Crippen molar-refractivity contribution in [3.8, 4) is 0 Å². The van der Waals surface area contributed by atoms with Crippen molar-refractivity contribution in [2.45, 2.75) is 32.4 Å². The van der Waals surface area contributed by atoms with Gasteiger partial charge < -0.3 is 15.2 Å². The molecule has 1 aliphatic heterocycles. The van der Waals surface area contributed by atoms with Crippen LogP contribution in [0, 0.1) is 6.92 Å². The van der Waals surface area contributed by atoms with E-state index >= 15 is 0 Å². The molecule has 7 heteroatoms. The Balaban J connectivity index is 1.62. The molecule has 4 rings (SSSR count). The predicted molar refractivity (Wildman–Crippen MR) is 95.8 cm³/mol. The summed E-state index contributed by atoms with van der Waals surface area (Å²) in [6.07, 6.45) is 1.91. The number of anilines is 1. The molecule has 1 unspecified atom stereocenters. The summed E-state index contributed by atoms with van der Waals surface area (Å²) in [4.78, 5) is 19.6. The number of hydrogen-bond acceptors (Lipinski definition) is 4. The van der Waals surface area contributed by atoms with E-state index in [2.05, 4.69) is 15.7 Å². The normalized spacial score (nSPS) is 17.5. The van der Waals surface area contributed by atoms with E-state index in [1.165, 1.54) is 0 Å². The zero-order valence-corrected chi connectivity index (χ0v) is 14.5. The minimum Gasteiger partial charge on any atom is -0.384 e. The molecular weight excluding hydrogens is 316 g/mol. The number of nitrogens with zero attached hydrogens (tertiary/aromatic N) is 5. The van der Waals surface area contributed by atoms with Crippen LogP contribution >= 0.6 is 0 Å². The fourth-order valence-electron chi connectivity index (χ4n) is 3.71. The van der Waals surface area contributed by atoms with Gasteiger partial charge in [0.1, 0.15) is 18.2 Å². The fraction of sp³-hybridized carbons (Fsp3) is 0.389. The van der Waals surface area contributed by atoms with Gasteiger partial charge >= 0.3 is 0 Å². The second kappa shape index (κ2) is 5.91. The average molecular weight is 338 g/mol. The van der Waals surface area contributed by atoms with E-state index in [9.17, 15) is 4.79 Å². The third-order valence-corrected chi connectivity index (χ3v) is 4.91. The number of rotatable bonds is 3.